The summed E-state index contributed by atoms with van der Waals surface area (Å²) in [5.41, 5.74) is 1.26. The molecule has 1 fully saturated rings. The Hall–Kier alpha value is -1.13. The van der Waals surface area contributed by atoms with Gasteiger partial charge in [-0.3, -0.25) is 0 Å². The first-order chi connectivity index (χ1) is 8.43. The van der Waals surface area contributed by atoms with E-state index in [9.17, 15) is 0 Å². The van der Waals surface area contributed by atoms with Gasteiger partial charge in [-0.25, -0.2) is 4.98 Å². The van der Waals surface area contributed by atoms with Crippen molar-refractivity contribution in [2.24, 2.45) is 5.92 Å². The third-order valence-corrected chi connectivity index (χ3v) is 4.32. The topological polar surface area (TPSA) is 29.9 Å². The van der Waals surface area contributed by atoms with Crippen LogP contribution in [0.5, 0.6) is 0 Å². The lowest BCUT2D eigenvalue weighted by molar-refractivity contribution is 0.482. The van der Waals surface area contributed by atoms with Crippen LogP contribution in [0.1, 0.15) is 12.8 Å². The van der Waals surface area contributed by atoms with E-state index in [1.165, 1.54) is 36.5 Å². The van der Waals surface area contributed by atoms with Gasteiger partial charge in [0, 0.05) is 6.54 Å². The Morgan fingerprint density at radius 2 is 2.53 bits per heavy atom. The van der Waals surface area contributed by atoms with Crippen molar-refractivity contribution in [3.63, 3.8) is 0 Å². The van der Waals surface area contributed by atoms with E-state index < -0.39 is 0 Å². The van der Waals surface area contributed by atoms with Crippen LogP contribution >= 0.6 is 11.3 Å². The molecule has 0 bridgehead atoms. The zero-order chi connectivity index (χ0) is 11.5. The number of hydrogen-bond acceptors (Lipinski definition) is 3. The van der Waals surface area contributed by atoms with Crippen LogP contribution in [-0.2, 0) is 6.54 Å². The van der Waals surface area contributed by atoms with E-state index >= 15 is 0 Å². The van der Waals surface area contributed by atoms with Crippen LogP contribution in [-0.4, -0.2) is 22.6 Å². The third-order valence-electron chi connectivity index (χ3n) is 3.43. The van der Waals surface area contributed by atoms with Crippen molar-refractivity contribution in [1.29, 1.82) is 0 Å². The van der Waals surface area contributed by atoms with E-state index in [0.29, 0.717) is 0 Å². The summed E-state index contributed by atoms with van der Waals surface area (Å²) in [6, 6.07) is 4.26. The van der Waals surface area contributed by atoms with Gasteiger partial charge >= 0.3 is 0 Å². The molecule has 2 aromatic heterocycles. The van der Waals surface area contributed by atoms with Crippen molar-refractivity contribution in [3.05, 3.63) is 30.0 Å². The van der Waals surface area contributed by atoms with Gasteiger partial charge in [0.2, 0.25) is 0 Å². The van der Waals surface area contributed by atoms with Crippen molar-refractivity contribution in [2.75, 3.05) is 13.1 Å². The predicted molar refractivity (Wildman–Crippen MR) is 71.1 cm³/mol. The fourth-order valence-corrected chi connectivity index (χ4v) is 3.16. The lowest BCUT2D eigenvalue weighted by Gasteiger charge is -2.10. The molecule has 1 N–H and O–H groups in total. The molecule has 0 aliphatic carbocycles. The van der Waals surface area contributed by atoms with E-state index in [0.717, 1.165) is 12.5 Å². The molecule has 17 heavy (non-hydrogen) atoms. The van der Waals surface area contributed by atoms with Gasteiger partial charge in [-0.2, -0.15) is 0 Å². The number of hydrogen-bond donors (Lipinski definition) is 1. The first-order valence-electron chi connectivity index (χ1n) is 6.18. The van der Waals surface area contributed by atoms with E-state index in [-0.39, 0.29) is 0 Å². The molecule has 4 heteroatoms. The third kappa shape index (κ3) is 2.42. The minimum absolute atomic E-state index is 0.841. The molecule has 3 rings (SSSR count). The van der Waals surface area contributed by atoms with Crippen molar-refractivity contribution in [3.8, 4) is 10.6 Å². The number of nitrogens with zero attached hydrogens (tertiary/aromatic N) is 2. The molecule has 3 nitrogen and oxygen atoms in total. The number of imidazole rings is 1. The van der Waals surface area contributed by atoms with Gasteiger partial charge in [-0.1, -0.05) is 6.07 Å². The Kier molecular flexibility index (Phi) is 3.25. The number of aryl methyl sites for hydroxylation is 1. The van der Waals surface area contributed by atoms with Crippen LogP contribution in [0.15, 0.2) is 30.0 Å². The Morgan fingerprint density at radius 1 is 1.53 bits per heavy atom. The van der Waals surface area contributed by atoms with Gasteiger partial charge in [0.05, 0.1) is 23.1 Å². The molecule has 0 amide bonds. The summed E-state index contributed by atoms with van der Waals surface area (Å²) in [6.45, 7) is 3.45. The molecule has 2 aromatic rings. The van der Waals surface area contributed by atoms with Crippen LogP contribution in [0.4, 0.5) is 0 Å². The highest BCUT2D eigenvalue weighted by Gasteiger charge is 2.15. The van der Waals surface area contributed by atoms with Gasteiger partial charge in [0.1, 0.15) is 0 Å². The van der Waals surface area contributed by atoms with Gasteiger partial charge in [0.25, 0.3) is 0 Å². The molecule has 1 unspecified atom stereocenters. The molecule has 90 valence electrons. The molecule has 1 atom stereocenters. The Bertz CT molecular complexity index is 455. The minimum atomic E-state index is 0.841. The number of aromatic nitrogens is 2. The number of nitrogens with one attached hydrogen (secondary N) is 1. The zero-order valence-electron chi connectivity index (χ0n) is 9.80. The predicted octanol–water partition coefficient (Wildman–Crippen LogP) is 2.61. The maximum Gasteiger partial charge on any atom is 0.0951 e. The highest BCUT2D eigenvalue weighted by Crippen LogP contribution is 2.25. The summed E-state index contributed by atoms with van der Waals surface area (Å²) in [5.74, 6) is 0.841. The highest BCUT2D eigenvalue weighted by atomic mass is 32.1. The second kappa shape index (κ2) is 5.02. The van der Waals surface area contributed by atoms with Crippen molar-refractivity contribution < 1.29 is 0 Å². The molecule has 0 radical (unpaired) electrons. The fraction of sp³-hybridized carbons (Fsp3) is 0.462. The Morgan fingerprint density at radius 3 is 3.29 bits per heavy atom. The lowest BCUT2D eigenvalue weighted by atomic mass is 10.1. The average Bonchev–Trinajstić information content (AvgIpc) is 3.09. The molecule has 0 aromatic carbocycles. The minimum Gasteiger partial charge on any atom is -0.330 e. The molecule has 3 heterocycles. The molecule has 0 saturated carbocycles. The molecule has 1 saturated heterocycles. The van der Waals surface area contributed by atoms with E-state index in [1.807, 2.05) is 12.5 Å². The van der Waals surface area contributed by atoms with Crippen molar-refractivity contribution in [1.82, 2.24) is 14.9 Å². The Labute approximate surface area is 106 Å². The second-order valence-corrected chi connectivity index (χ2v) is 5.54. The van der Waals surface area contributed by atoms with Crippen LogP contribution in [0, 0.1) is 5.92 Å². The molecule has 1 aliphatic rings. The summed E-state index contributed by atoms with van der Waals surface area (Å²) < 4.78 is 2.28. The zero-order valence-corrected chi connectivity index (χ0v) is 10.6. The van der Waals surface area contributed by atoms with Crippen LogP contribution in [0.25, 0.3) is 10.6 Å². The number of thiophene rings is 1. The molecular formula is C13H17N3S. The van der Waals surface area contributed by atoms with Crippen LogP contribution < -0.4 is 5.32 Å². The van der Waals surface area contributed by atoms with Crippen molar-refractivity contribution in [2.45, 2.75) is 19.4 Å². The maximum absolute atomic E-state index is 4.28. The van der Waals surface area contributed by atoms with E-state index in [4.69, 9.17) is 0 Å². The SMILES string of the molecule is c1csc(-c2cncn2CCC2CCNC2)c1. The molecule has 0 spiro atoms. The molecule has 1 aliphatic heterocycles. The first kappa shape index (κ1) is 11.0. The Balaban J connectivity index is 1.69. The van der Waals surface area contributed by atoms with Gasteiger partial charge in [-0.15, -0.1) is 11.3 Å². The van der Waals surface area contributed by atoms with E-state index in [1.54, 1.807) is 11.3 Å². The van der Waals surface area contributed by atoms with Crippen LogP contribution in [0.3, 0.4) is 0 Å². The van der Waals surface area contributed by atoms with Crippen LogP contribution in [0.2, 0.25) is 0 Å². The molecular weight excluding hydrogens is 230 g/mol. The van der Waals surface area contributed by atoms with Gasteiger partial charge < -0.3 is 9.88 Å². The highest BCUT2D eigenvalue weighted by molar-refractivity contribution is 7.13. The normalized spacial score (nSPS) is 19.9. The maximum atomic E-state index is 4.28. The summed E-state index contributed by atoms with van der Waals surface area (Å²) >= 11 is 1.78. The first-order valence-corrected chi connectivity index (χ1v) is 7.06. The summed E-state index contributed by atoms with van der Waals surface area (Å²) in [6.07, 6.45) is 6.50. The average molecular weight is 247 g/mol. The fourth-order valence-electron chi connectivity index (χ4n) is 2.41. The second-order valence-electron chi connectivity index (χ2n) is 4.60. The number of rotatable bonds is 4. The largest absolute Gasteiger partial charge is 0.330 e. The summed E-state index contributed by atoms with van der Waals surface area (Å²) in [7, 11) is 0. The van der Waals surface area contributed by atoms with Gasteiger partial charge in [-0.05, 0) is 43.3 Å². The standard InChI is InChI=1S/C13H17N3S/c1-2-13(17-7-1)12-9-15-10-16(12)6-4-11-3-5-14-8-11/h1-2,7,9-11,14H,3-6,8H2. The summed E-state index contributed by atoms with van der Waals surface area (Å²) in [4.78, 5) is 5.59. The quantitative estimate of drug-likeness (QED) is 0.900. The monoisotopic (exact) mass is 247 g/mol. The lowest BCUT2D eigenvalue weighted by Crippen LogP contribution is -2.11. The summed E-state index contributed by atoms with van der Waals surface area (Å²) in [5, 5.41) is 5.54. The van der Waals surface area contributed by atoms with Crippen molar-refractivity contribution >= 4 is 11.3 Å². The van der Waals surface area contributed by atoms with Gasteiger partial charge in [0.15, 0.2) is 0 Å². The smallest absolute Gasteiger partial charge is 0.0951 e. The van der Waals surface area contributed by atoms with E-state index in [2.05, 4.69) is 32.4 Å².